The molecule has 0 amide bonds. The van der Waals surface area contributed by atoms with Gasteiger partial charge in [0.15, 0.2) is 5.16 Å². The van der Waals surface area contributed by atoms with Gasteiger partial charge in [0.1, 0.15) is 17.3 Å². The average Bonchev–Trinajstić information content (AvgIpc) is 3.32. The first-order chi connectivity index (χ1) is 14.6. The van der Waals surface area contributed by atoms with Gasteiger partial charge in [0, 0.05) is 36.7 Å². The highest BCUT2D eigenvalue weighted by atomic mass is 32.2. The number of ether oxygens (including phenoxy) is 2. The Labute approximate surface area is 182 Å². The van der Waals surface area contributed by atoms with E-state index in [-0.39, 0.29) is 0 Å². The molecule has 0 aliphatic carbocycles. The normalized spacial score (nSPS) is 11.4. The van der Waals surface area contributed by atoms with Gasteiger partial charge in [-0.2, -0.15) is 0 Å². The average molecular weight is 427 g/mol. The first-order valence-corrected chi connectivity index (χ1v) is 11.1. The van der Waals surface area contributed by atoms with Gasteiger partial charge >= 0.3 is 0 Å². The summed E-state index contributed by atoms with van der Waals surface area (Å²) in [6, 6.07) is 5.93. The SMILES string of the molecule is C/C=C\Cc1c(Cc2nnc(SCc3cc(OC)cc(OC)c3)n2CC)c[nH]c1C. The molecule has 0 radical (unpaired) electrons. The highest BCUT2D eigenvalue weighted by Gasteiger charge is 2.15. The van der Waals surface area contributed by atoms with E-state index in [9.17, 15) is 0 Å². The van der Waals surface area contributed by atoms with Crippen molar-refractivity contribution in [1.29, 1.82) is 0 Å². The molecular weight excluding hydrogens is 396 g/mol. The lowest BCUT2D eigenvalue weighted by atomic mass is 10.0. The summed E-state index contributed by atoms with van der Waals surface area (Å²) in [5, 5.41) is 9.90. The van der Waals surface area contributed by atoms with Crippen molar-refractivity contribution in [1.82, 2.24) is 19.7 Å². The topological polar surface area (TPSA) is 65.0 Å². The summed E-state index contributed by atoms with van der Waals surface area (Å²) >= 11 is 1.68. The Balaban J connectivity index is 1.77. The van der Waals surface area contributed by atoms with Gasteiger partial charge in [-0.15, -0.1) is 10.2 Å². The Morgan fingerprint density at radius 3 is 2.50 bits per heavy atom. The molecule has 0 aliphatic rings. The summed E-state index contributed by atoms with van der Waals surface area (Å²) < 4.78 is 12.9. The van der Waals surface area contributed by atoms with E-state index >= 15 is 0 Å². The Morgan fingerprint density at radius 1 is 1.13 bits per heavy atom. The number of hydrogen-bond acceptors (Lipinski definition) is 5. The second kappa shape index (κ2) is 10.4. The number of aryl methyl sites for hydroxylation is 1. The number of allylic oxidation sites excluding steroid dienone is 2. The molecule has 0 atom stereocenters. The summed E-state index contributed by atoms with van der Waals surface area (Å²) in [5.41, 5.74) is 4.96. The minimum Gasteiger partial charge on any atom is -0.497 e. The third-order valence-electron chi connectivity index (χ3n) is 5.10. The molecule has 2 heterocycles. The van der Waals surface area contributed by atoms with Crippen LogP contribution in [0.2, 0.25) is 0 Å². The van der Waals surface area contributed by atoms with Crippen molar-refractivity contribution in [3.05, 3.63) is 64.8 Å². The van der Waals surface area contributed by atoms with E-state index in [0.29, 0.717) is 0 Å². The molecule has 0 bridgehead atoms. The fraction of sp³-hybridized carbons (Fsp3) is 0.391. The Bertz CT molecular complexity index is 985. The molecule has 0 unspecified atom stereocenters. The minimum atomic E-state index is 0.765. The van der Waals surface area contributed by atoms with E-state index in [0.717, 1.165) is 53.2 Å². The largest absolute Gasteiger partial charge is 0.497 e. The quantitative estimate of drug-likeness (QED) is 0.367. The van der Waals surface area contributed by atoms with Gasteiger partial charge in [0.05, 0.1) is 14.2 Å². The minimum absolute atomic E-state index is 0.765. The molecule has 2 aromatic heterocycles. The number of methoxy groups -OCH3 is 2. The van der Waals surface area contributed by atoms with Crippen molar-refractivity contribution in [3.8, 4) is 11.5 Å². The molecular formula is C23H30N4O2S. The van der Waals surface area contributed by atoms with Crippen molar-refractivity contribution in [2.45, 2.75) is 51.1 Å². The molecule has 0 fully saturated rings. The number of nitrogens with one attached hydrogen (secondary N) is 1. The zero-order valence-corrected chi connectivity index (χ0v) is 19.2. The second-order valence-electron chi connectivity index (χ2n) is 7.02. The standard InChI is InChI=1S/C23H30N4O2S/c1-6-8-9-21-16(3)24-14-18(21)12-22-25-26-23(27(22)7-2)30-15-17-10-19(28-4)13-20(11-17)29-5/h6,8,10-11,13-14,24H,7,9,12,15H2,1-5H3/b8-6-. The Morgan fingerprint density at radius 2 is 1.87 bits per heavy atom. The molecule has 1 aromatic carbocycles. The van der Waals surface area contributed by atoms with Crippen molar-refractivity contribution in [2.75, 3.05) is 14.2 Å². The van der Waals surface area contributed by atoms with Crippen molar-refractivity contribution < 1.29 is 9.47 Å². The highest BCUT2D eigenvalue weighted by molar-refractivity contribution is 7.98. The second-order valence-corrected chi connectivity index (χ2v) is 7.96. The monoisotopic (exact) mass is 426 g/mol. The van der Waals surface area contributed by atoms with Crippen molar-refractivity contribution in [2.24, 2.45) is 0 Å². The van der Waals surface area contributed by atoms with Crippen molar-refractivity contribution >= 4 is 11.8 Å². The lowest BCUT2D eigenvalue weighted by molar-refractivity contribution is 0.393. The van der Waals surface area contributed by atoms with E-state index in [1.165, 1.54) is 16.8 Å². The van der Waals surface area contributed by atoms with Crippen LogP contribution in [-0.4, -0.2) is 34.0 Å². The molecule has 0 saturated heterocycles. The maximum Gasteiger partial charge on any atom is 0.191 e. The Kier molecular flexibility index (Phi) is 7.63. The number of thioether (sulfide) groups is 1. The molecule has 3 rings (SSSR count). The van der Waals surface area contributed by atoms with Crippen LogP contribution >= 0.6 is 11.8 Å². The Hall–Kier alpha value is -2.67. The summed E-state index contributed by atoms with van der Waals surface area (Å²) in [7, 11) is 3.33. The lowest BCUT2D eigenvalue weighted by Gasteiger charge is -2.10. The van der Waals surface area contributed by atoms with Gasteiger partial charge in [-0.25, -0.2) is 0 Å². The zero-order valence-electron chi connectivity index (χ0n) is 18.4. The van der Waals surface area contributed by atoms with Crippen LogP contribution in [0.15, 0.2) is 41.7 Å². The zero-order chi connectivity index (χ0) is 21.5. The van der Waals surface area contributed by atoms with Gasteiger partial charge < -0.3 is 19.0 Å². The van der Waals surface area contributed by atoms with Crippen LogP contribution in [0.25, 0.3) is 0 Å². The van der Waals surface area contributed by atoms with Gasteiger partial charge in [0.25, 0.3) is 0 Å². The fourth-order valence-electron chi connectivity index (χ4n) is 3.43. The van der Waals surface area contributed by atoms with E-state index in [1.54, 1.807) is 26.0 Å². The molecule has 7 heteroatoms. The van der Waals surface area contributed by atoms with E-state index in [2.05, 4.69) is 58.9 Å². The van der Waals surface area contributed by atoms with Gasteiger partial charge in [0.2, 0.25) is 0 Å². The predicted octanol–water partition coefficient (Wildman–Crippen LogP) is 4.95. The molecule has 0 spiro atoms. The maximum absolute atomic E-state index is 5.38. The first-order valence-electron chi connectivity index (χ1n) is 10.1. The molecule has 1 N–H and O–H groups in total. The summed E-state index contributed by atoms with van der Waals surface area (Å²) in [4.78, 5) is 3.36. The fourth-order valence-corrected chi connectivity index (χ4v) is 4.38. The number of nitrogens with zero attached hydrogens (tertiary/aromatic N) is 3. The molecule has 0 aliphatic heterocycles. The molecule has 0 saturated carbocycles. The smallest absolute Gasteiger partial charge is 0.191 e. The number of aromatic nitrogens is 4. The van der Waals surface area contributed by atoms with Crippen LogP contribution in [0.1, 0.15) is 42.1 Å². The van der Waals surface area contributed by atoms with E-state index < -0.39 is 0 Å². The lowest BCUT2D eigenvalue weighted by Crippen LogP contribution is -2.05. The third-order valence-corrected chi connectivity index (χ3v) is 6.14. The van der Waals surface area contributed by atoms with Gasteiger partial charge in [-0.05, 0) is 56.0 Å². The number of hydrogen-bond donors (Lipinski definition) is 1. The van der Waals surface area contributed by atoms with Crippen LogP contribution in [0.3, 0.4) is 0 Å². The van der Waals surface area contributed by atoms with Crippen LogP contribution in [0.5, 0.6) is 11.5 Å². The summed E-state index contributed by atoms with van der Waals surface area (Å²) in [5.74, 6) is 3.34. The van der Waals surface area contributed by atoms with Gasteiger partial charge in [-0.1, -0.05) is 23.9 Å². The number of benzene rings is 1. The van der Waals surface area contributed by atoms with Crippen LogP contribution in [0.4, 0.5) is 0 Å². The molecule has 6 nitrogen and oxygen atoms in total. The van der Waals surface area contributed by atoms with Gasteiger partial charge in [-0.3, -0.25) is 0 Å². The van der Waals surface area contributed by atoms with Crippen LogP contribution in [0, 0.1) is 6.92 Å². The van der Waals surface area contributed by atoms with Crippen molar-refractivity contribution in [3.63, 3.8) is 0 Å². The van der Waals surface area contributed by atoms with Crippen LogP contribution < -0.4 is 9.47 Å². The van der Waals surface area contributed by atoms with E-state index in [1.807, 2.05) is 18.2 Å². The summed E-state index contributed by atoms with van der Waals surface area (Å²) in [6.45, 7) is 7.14. The number of rotatable bonds is 10. The summed E-state index contributed by atoms with van der Waals surface area (Å²) in [6.07, 6.45) is 8.07. The number of aromatic amines is 1. The highest BCUT2D eigenvalue weighted by Crippen LogP contribution is 2.28. The third kappa shape index (κ3) is 5.08. The maximum atomic E-state index is 5.38. The predicted molar refractivity (Wildman–Crippen MR) is 122 cm³/mol. The van der Waals surface area contributed by atoms with Crippen LogP contribution in [-0.2, 0) is 25.1 Å². The molecule has 3 aromatic rings. The van der Waals surface area contributed by atoms with E-state index in [4.69, 9.17) is 9.47 Å². The molecule has 160 valence electrons. The molecule has 30 heavy (non-hydrogen) atoms. The first kappa shape index (κ1) is 22.0. The number of H-pyrrole nitrogens is 1.